The number of nitrogens with zero attached hydrogens (tertiary/aromatic N) is 3. The summed E-state index contributed by atoms with van der Waals surface area (Å²) in [4.78, 5) is 26.8. The van der Waals surface area contributed by atoms with E-state index in [0.717, 1.165) is 45.2 Å². The topological polar surface area (TPSA) is 70.2 Å². The van der Waals surface area contributed by atoms with Gasteiger partial charge in [-0.2, -0.15) is 0 Å². The van der Waals surface area contributed by atoms with Gasteiger partial charge in [0.05, 0.1) is 46.8 Å². The summed E-state index contributed by atoms with van der Waals surface area (Å²) in [6.45, 7) is 2.04. The zero-order valence-electron chi connectivity index (χ0n) is 20.6. The van der Waals surface area contributed by atoms with E-state index < -0.39 is 0 Å². The highest BCUT2D eigenvalue weighted by molar-refractivity contribution is 5.99. The highest BCUT2D eigenvalue weighted by Gasteiger charge is 2.34. The van der Waals surface area contributed by atoms with Gasteiger partial charge in [0.15, 0.2) is 0 Å². The van der Waals surface area contributed by atoms with Gasteiger partial charge in [0, 0.05) is 14.1 Å². The lowest BCUT2D eigenvalue weighted by atomic mass is 9.99. The van der Waals surface area contributed by atoms with Crippen molar-refractivity contribution < 1.29 is 4.74 Å². The van der Waals surface area contributed by atoms with E-state index in [4.69, 9.17) is 4.74 Å². The van der Waals surface area contributed by atoms with E-state index in [2.05, 4.69) is 9.88 Å². The van der Waals surface area contributed by atoms with Gasteiger partial charge in [0.2, 0.25) is 0 Å². The molecule has 0 fully saturated rings. The predicted molar refractivity (Wildman–Crippen MR) is 142 cm³/mol. The van der Waals surface area contributed by atoms with E-state index >= 15 is 0 Å². The fourth-order valence-corrected chi connectivity index (χ4v) is 5.25. The maximum atomic E-state index is 13.7. The molecule has 0 aliphatic carbocycles. The smallest absolute Gasteiger partial charge is 0.331 e. The summed E-state index contributed by atoms with van der Waals surface area (Å²) in [5, 5.41) is 4.19. The second kappa shape index (κ2) is 8.02. The van der Waals surface area contributed by atoms with E-state index in [1.54, 1.807) is 18.7 Å². The van der Waals surface area contributed by atoms with Gasteiger partial charge in [-0.15, -0.1) is 0 Å². The van der Waals surface area contributed by atoms with Crippen LogP contribution in [-0.4, -0.2) is 20.8 Å². The number of nitrogens with one attached hydrogen (secondary N) is 1. The van der Waals surface area contributed by atoms with Crippen LogP contribution in [0.15, 0.2) is 82.4 Å². The van der Waals surface area contributed by atoms with Crippen LogP contribution in [0.1, 0.15) is 22.9 Å². The molecule has 0 saturated heterocycles. The van der Waals surface area contributed by atoms with Crippen molar-refractivity contribution in [2.24, 2.45) is 14.1 Å². The van der Waals surface area contributed by atoms with Crippen LogP contribution in [0.2, 0.25) is 0 Å². The second-order valence-electron chi connectivity index (χ2n) is 9.23. The summed E-state index contributed by atoms with van der Waals surface area (Å²) in [6, 6.07) is 23.8. The molecule has 3 aromatic carbocycles. The second-order valence-corrected chi connectivity index (χ2v) is 9.23. The molecule has 3 heterocycles. The molecule has 7 nitrogen and oxygen atoms in total. The third-order valence-electron chi connectivity index (χ3n) is 7.10. The van der Waals surface area contributed by atoms with Crippen LogP contribution in [0.4, 0.5) is 5.69 Å². The van der Waals surface area contributed by atoms with Crippen molar-refractivity contribution in [3.05, 3.63) is 110 Å². The maximum absolute atomic E-state index is 13.7. The molecule has 1 unspecified atom stereocenters. The number of rotatable bonds is 3. The van der Waals surface area contributed by atoms with Gasteiger partial charge in [0.1, 0.15) is 5.75 Å². The third-order valence-corrected chi connectivity index (χ3v) is 7.10. The maximum Gasteiger partial charge on any atom is 0.331 e. The summed E-state index contributed by atoms with van der Waals surface area (Å²) in [5.41, 5.74) is 6.51. The van der Waals surface area contributed by atoms with Gasteiger partial charge in [-0.1, -0.05) is 54.1 Å². The highest BCUT2D eigenvalue weighted by atomic mass is 16.5. The molecule has 1 atom stereocenters. The van der Waals surface area contributed by atoms with Crippen LogP contribution in [-0.2, 0) is 14.1 Å². The van der Waals surface area contributed by atoms with E-state index in [1.165, 1.54) is 11.6 Å². The minimum absolute atomic E-state index is 0.301. The predicted octanol–water partition coefficient (Wildman–Crippen LogP) is 4.53. The van der Waals surface area contributed by atoms with Gasteiger partial charge in [-0.05, 0) is 42.3 Å². The van der Waals surface area contributed by atoms with Crippen molar-refractivity contribution in [3.8, 4) is 22.7 Å². The average molecular weight is 479 g/mol. The molecule has 1 aliphatic heterocycles. The Morgan fingerprint density at radius 2 is 1.56 bits per heavy atom. The summed E-state index contributed by atoms with van der Waals surface area (Å²) in [5.74, 6) is 0.761. The van der Waals surface area contributed by atoms with Gasteiger partial charge in [-0.3, -0.25) is 13.9 Å². The van der Waals surface area contributed by atoms with Crippen molar-refractivity contribution in [1.29, 1.82) is 0 Å². The molecule has 0 radical (unpaired) electrons. The van der Waals surface area contributed by atoms with Gasteiger partial charge < -0.3 is 14.6 Å². The minimum Gasteiger partial charge on any atom is -0.497 e. The van der Waals surface area contributed by atoms with Gasteiger partial charge >= 0.3 is 5.69 Å². The summed E-state index contributed by atoms with van der Waals surface area (Å²) in [6.07, 6.45) is 0. The van der Waals surface area contributed by atoms with Crippen molar-refractivity contribution in [3.63, 3.8) is 0 Å². The molecule has 0 spiro atoms. The Balaban J connectivity index is 1.82. The first kappa shape index (κ1) is 22.0. The quantitative estimate of drug-likeness (QED) is 0.414. The fourth-order valence-electron chi connectivity index (χ4n) is 5.25. The van der Waals surface area contributed by atoms with E-state index in [9.17, 15) is 9.59 Å². The minimum atomic E-state index is -0.358. The first-order valence-corrected chi connectivity index (χ1v) is 11.8. The molecule has 0 bridgehead atoms. The number of methoxy groups -OCH3 is 1. The summed E-state index contributed by atoms with van der Waals surface area (Å²) in [7, 11) is 4.91. The first-order chi connectivity index (χ1) is 17.4. The number of ether oxygens (including phenoxy) is 1. The molecule has 0 saturated carbocycles. The summed E-state index contributed by atoms with van der Waals surface area (Å²) >= 11 is 0. The van der Waals surface area contributed by atoms with Crippen molar-refractivity contribution in [2.75, 3.05) is 12.4 Å². The molecule has 1 N–H and O–H groups in total. The molecule has 7 heteroatoms. The van der Waals surface area contributed by atoms with E-state index in [1.807, 2.05) is 79.7 Å². The van der Waals surface area contributed by atoms with Crippen molar-refractivity contribution in [2.45, 2.75) is 13.0 Å². The molecular weight excluding hydrogens is 452 g/mol. The number of fused-ring (bicyclic) bond motifs is 5. The number of benzene rings is 3. The Hall–Kier alpha value is -4.52. The van der Waals surface area contributed by atoms with Gasteiger partial charge in [0.25, 0.3) is 5.56 Å². The number of anilines is 1. The summed E-state index contributed by atoms with van der Waals surface area (Å²) < 4.78 is 10.3. The van der Waals surface area contributed by atoms with E-state index in [-0.39, 0.29) is 17.3 Å². The normalized spacial score (nSPS) is 14.3. The van der Waals surface area contributed by atoms with Crippen LogP contribution >= 0.6 is 0 Å². The SMILES string of the molecule is COc1ccc(C2Nc3ccccc3-n3c(-c4ccc(C)cc4)c4c(=O)n(C)c(=O)n(C)c4c32)cc1. The molecule has 1 aliphatic rings. The third kappa shape index (κ3) is 3.05. The molecule has 5 aromatic rings. The Bertz CT molecular complexity index is 1760. The lowest BCUT2D eigenvalue weighted by Gasteiger charge is -2.31. The fraction of sp³-hybridized carbons (Fsp3) is 0.172. The molecule has 36 heavy (non-hydrogen) atoms. The molecule has 0 amide bonds. The zero-order valence-corrected chi connectivity index (χ0v) is 20.6. The van der Waals surface area contributed by atoms with Crippen molar-refractivity contribution >= 4 is 16.6 Å². The highest BCUT2D eigenvalue weighted by Crippen LogP contribution is 2.45. The number of aromatic nitrogens is 3. The Kier molecular flexibility index (Phi) is 4.89. The van der Waals surface area contributed by atoms with Crippen LogP contribution in [0.3, 0.4) is 0 Å². The Morgan fingerprint density at radius 1 is 0.861 bits per heavy atom. The molecular formula is C29H26N4O3. The van der Waals surface area contributed by atoms with E-state index in [0.29, 0.717) is 10.9 Å². The number of aryl methyl sites for hydroxylation is 2. The average Bonchev–Trinajstić information content (AvgIpc) is 3.27. The monoisotopic (exact) mass is 478 g/mol. The standard InChI is InChI=1S/C29H26N4O3/c1-17-9-11-19(12-10-17)25-23-26(31(2)29(35)32(3)28(23)34)27-24(18-13-15-20(36-4)16-14-18)30-21-7-5-6-8-22(21)33(25)27/h5-16,24,30H,1-4H3. The largest absolute Gasteiger partial charge is 0.497 e. The molecule has 6 rings (SSSR count). The lowest BCUT2D eigenvalue weighted by Crippen LogP contribution is -2.37. The number of hydrogen-bond donors (Lipinski definition) is 1. The number of para-hydroxylation sites is 2. The lowest BCUT2D eigenvalue weighted by molar-refractivity contribution is 0.414. The van der Waals surface area contributed by atoms with Crippen molar-refractivity contribution in [1.82, 2.24) is 13.7 Å². The van der Waals surface area contributed by atoms with Crippen LogP contribution in [0.5, 0.6) is 5.75 Å². The van der Waals surface area contributed by atoms with Gasteiger partial charge in [-0.25, -0.2) is 4.79 Å². The number of hydrogen-bond acceptors (Lipinski definition) is 4. The zero-order chi connectivity index (χ0) is 25.1. The Morgan fingerprint density at radius 3 is 2.25 bits per heavy atom. The van der Waals surface area contributed by atoms with Crippen LogP contribution in [0.25, 0.3) is 27.8 Å². The molecule has 2 aromatic heterocycles. The van der Waals surface area contributed by atoms with Crippen LogP contribution in [0, 0.1) is 6.92 Å². The Labute approximate surface area is 207 Å². The van der Waals surface area contributed by atoms with Crippen LogP contribution < -0.4 is 21.3 Å². The first-order valence-electron chi connectivity index (χ1n) is 11.8. The molecule has 180 valence electrons.